The number of hydrogen-bond acceptors (Lipinski definition) is 3. The Bertz CT molecular complexity index is 506. The maximum absolute atomic E-state index is 10.6. The van der Waals surface area contributed by atoms with Crippen molar-refractivity contribution < 1.29 is 18.1 Å². The van der Waals surface area contributed by atoms with E-state index in [4.69, 9.17) is 27.8 Å². The van der Waals surface area contributed by atoms with Crippen LogP contribution in [0.15, 0.2) is 18.2 Å². The predicted molar refractivity (Wildman–Crippen MR) is 65.6 cm³/mol. The molecule has 1 aromatic carbocycles. The molecule has 5 nitrogen and oxygen atoms in total. The highest BCUT2D eigenvalue weighted by Crippen LogP contribution is 2.26. The first kappa shape index (κ1) is 14.7. The van der Waals surface area contributed by atoms with Crippen LogP contribution in [-0.2, 0) is 10.3 Å². The van der Waals surface area contributed by atoms with Crippen molar-refractivity contribution in [3.8, 4) is 0 Å². The van der Waals surface area contributed by atoms with E-state index in [1.54, 1.807) is 0 Å². The normalized spacial score (nSPS) is 15.6. The Labute approximate surface area is 109 Å². The summed E-state index contributed by atoms with van der Waals surface area (Å²) in [5, 5.41) is 10.4. The van der Waals surface area contributed by atoms with E-state index in [-0.39, 0.29) is 5.02 Å². The smallest absolute Gasteiger partial charge is 0.333 e. The van der Waals surface area contributed by atoms with Crippen molar-refractivity contribution in [2.75, 3.05) is 0 Å². The molecule has 0 aliphatic heterocycles. The van der Waals surface area contributed by atoms with E-state index in [0.717, 1.165) is 0 Å². The van der Waals surface area contributed by atoms with E-state index in [1.165, 1.54) is 25.1 Å². The van der Waals surface area contributed by atoms with Crippen molar-refractivity contribution in [3.05, 3.63) is 33.8 Å². The summed E-state index contributed by atoms with van der Waals surface area (Å²) in [5.41, 5.74) is 0.392. The van der Waals surface area contributed by atoms with Gasteiger partial charge in [-0.1, -0.05) is 29.3 Å². The second-order valence-electron chi connectivity index (χ2n) is 3.50. The van der Waals surface area contributed by atoms with Crippen LogP contribution in [0.25, 0.3) is 0 Å². The quantitative estimate of drug-likeness (QED) is 0.740. The molecule has 0 bridgehead atoms. The third-order valence-electron chi connectivity index (χ3n) is 2.09. The van der Waals surface area contributed by atoms with Gasteiger partial charge >= 0.3 is 10.3 Å². The van der Waals surface area contributed by atoms with Crippen molar-refractivity contribution in [2.24, 2.45) is 0 Å². The van der Waals surface area contributed by atoms with Crippen LogP contribution >= 0.6 is 23.2 Å². The van der Waals surface area contributed by atoms with E-state index in [1.807, 2.05) is 4.72 Å². The molecule has 1 aromatic rings. The van der Waals surface area contributed by atoms with Crippen molar-refractivity contribution >= 4 is 33.5 Å². The van der Waals surface area contributed by atoms with Gasteiger partial charge in [-0.2, -0.15) is 13.1 Å². The summed E-state index contributed by atoms with van der Waals surface area (Å²) >= 11 is 11.5. The lowest BCUT2D eigenvalue weighted by atomic mass is 10.0. The first-order valence-corrected chi connectivity index (χ1v) is 6.78. The molecule has 3 N–H and O–H groups in total. The van der Waals surface area contributed by atoms with Gasteiger partial charge in [0.1, 0.15) is 0 Å². The fourth-order valence-corrected chi connectivity index (χ4v) is 2.19. The second-order valence-corrected chi connectivity index (χ2v) is 5.50. The highest BCUT2D eigenvalue weighted by atomic mass is 35.5. The van der Waals surface area contributed by atoms with E-state index in [9.17, 15) is 13.5 Å². The summed E-state index contributed by atoms with van der Waals surface area (Å²) in [5.74, 6) is 0. The maximum Gasteiger partial charge on any atom is 0.333 e. The topological polar surface area (TPSA) is 86.6 Å². The molecule has 0 heterocycles. The van der Waals surface area contributed by atoms with Crippen molar-refractivity contribution in [1.29, 1.82) is 0 Å². The molecule has 96 valence electrons. The van der Waals surface area contributed by atoms with Crippen molar-refractivity contribution in [3.63, 3.8) is 0 Å². The SMILES string of the molecule is C[C@H](NS(=O)(=O)O)[C@@H](O)c1ccc(Cl)c(Cl)c1. The number of halogens is 2. The molecular formula is C9H11Cl2NO4S. The Morgan fingerprint density at radius 3 is 2.35 bits per heavy atom. The van der Waals surface area contributed by atoms with Gasteiger partial charge in [-0.15, -0.1) is 0 Å². The van der Waals surface area contributed by atoms with E-state index in [2.05, 4.69) is 0 Å². The van der Waals surface area contributed by atoms with Gasteiger partial charge in [-0.3, -0.25) is 4.55 Å². The molecule has 2 atom stereocenters. The van der Waals surface area contributed by atoms with Gasteiger partial charge in [0.15, 0.2) is 0 Å². The van der Waals surface area contributed by atoms with Crippen LogP contribution in [0.5, 0.6) is 0 Å². The first-order valence-electron chi connectivity index (χ1n) is 4.58. The fourth-order valence-electron chi connectivity index (χ4n) is 1.28. The van der Waals surface area contributed by atoms with Crippen molar-refractivity contribution in [2.45, 2.75) is 19.1 Å². The van der Waals surface area contributed by atoms with Gasteiger partial charge in [0, 0.05) is 0 Å². The van der Waals surface area contributed by atoms with Crippen LogP contribution in [0, 0.1) is 0 Å². The Morgan fingerprint density at radius 1 is 1.29 bits per heavy atom. The van der Waals surface area contributed by atoms with Crippen LogP contribution in [0.1, 0.15) is 18.6 Å². The Morgan fingerprint density at radius 2 is 1.88 bits per heavy atom. The summed E-state index contributed by atoms with van der Waals surface area (Å²) in [7, 11) is -4.36. The molecule has 0 fully saturated rings. The Balaban J connectivity index is 2.88. The number of aliphatic hydroxyl groups excluding tert-OH is 1. The zero-order valence-corrected chi connectivity index (χ0v) is 11.1. The van der Waals surface area contributed by atoms with Gasteiger partial charge in [-0.05, 0) is 24.6 Å². The second kappa shape index (κ2) is 5.51. The molecule has 0 aromatic heterocycles. The van der Waals surface area contributed by atoms with Crippen LogP contribution in [-0.4, -0.2) is 24.1 Å². The minimum atomic E-state index is -4.36. The average Bonchev–Trinajstić information content (AvgIpc) is 2.18. The Kier molecular flexibility index (Phi) is 4.77. The minimum absolute atomic E-state index is 0.252. The first-order chi connectivity index (χ1) is 7.70. The number of benzene rings is 1. The number of hydrogen-bond donors (Lipinski definition) is 3. The molecule has 1 rings (SSSR count). The zero-order chi connectivity index (χ0) is 13.2. The third-order valence-corrected chi connectivity index (χ3v) is 3.50. The number of aliphatic hydroxyl groups is 1. The molecule has 0 unspecified atom stereocenters. The molecule has 0 aliphatic rings. The standard InChI is InChI=1S/C9H11Cl2NO4S/c1-5(12-17(14,15)16)9(13)6-2-3-7(10)8(11)4-6/h2-5,9,12-13H,1H3,(H,14,15,16)/t5-,9+/m0/s1. The lowest BCUT2D eigenvalue weighted by molar-refractivity contribution is 0.145. The molecular weight excluding hydrogens is 289 g/mol. The molecule has 17 heavy (non-hydrogen) atoms. The molecule has 0 amide bonds. The number of rotatable bonds is 4. The summed E-state index contributed by atoms with van der Waals surface area (Å²) in [4.78, 5) is 0. The zero-order valence-electron chi connectivity index (χ0n) is 8.76. The van der Waals surface area contributed by atoms with Gasteiger partial charge in [0.2, 0.25) is 0 Å². The lowest BCUT2D eigenvalue weighted by Gasteiger charge is -2.19. The summed E-state index contributed by atoms with van der Waals surface area (Å²) in [6.07, 6.45) is -1.15. The molecule has 0 radical (unpaired) electrons. The molecule has 0 aliphatic carbocycles. The maximum atomic E-state index is 10.6. The predicted octanol–water partition coefficient (Wildman–Crippen LogP) is 1.81. The summed E-state index contributed by atoms with van der Waals surface area (Å²) < 4.78 is 31.6. The van der Waals surface area contributed by atoms with Gasteiger partial charge in [-0.25, -0.2) is 0 Å². The Hall–Kier alpha value is -0.370. The third kappa shape index (κ3) is 4.42. The van der Waals surface area contributed by atoms with Crippen LogP contribution < -0.4 is 4.72 Å². The van der Waals surface area contributed by atoms with E-state index >= 15 is 0 Å². The minimum Gasteiger partial charge on any atom is -0.387 e. The van der Waals surface area contributed by atoms with E-state index in [0.29, 0.717) is 10.6 Å². The largest absolute Gasteiger partial charge is 0.387 e. The van der Waals surface area contributed by atoms with Gasteiger partial charge in [0.25, 0.3) is 0 Å². The molecule has 0 spiro atoms. The fraction of sp³-hybridized carbons (Fsp3) is 0.333. The van der Waals surface area contributed by atoms with Crippen LogP contribution in [0.2, 0.25) is 10.0 Å². The highest BCUT2D eigenvalue weighted by Gasteiger charge is 2.21. The molecule has 0 saturated heterocycles. The average molecular weight is 300 g/mol. The van der Waals surface area contributed by atoms with Crippen LogP contribution in [0.3, 0.4) is 0 Å². The molecule has 8 heteroatoms. The summed E-state index contributed by atoms with van der Waals surface area (Å²) in [6, 6.07) is 3.53. The van der Waals surface area contributed by atoms with Gasteiger partial charge < -0.3 is 5.11 Å². The highest BCUT2D eigenvalue weighted by molar-refractivity contribution is 7.83. The van der Waals surface area contributed by atoms with Crippen molar-refractivity contribution in [1.82, 2.24) is 4.72 Å². The van der Waals surface area contributed by atoms with E-state index < -0.39 is 22.4 Å². The monoisotopic (exact) mass is 299 g/mol. The van der Waals surface area contributed by atoms with Gasteiger partial charge in [0.05, 0.1) is 22.2 Å². The summed E-state index contributed by atoms with van der Waals surface area (Å²) in [6.45, 7) is 1.40. The number of nitrogens with one attached hydrogen (secondary N) is 1. The molecule has 0 saturated carbocycles. The van der Waals surface area contributed by atoms with Crippen LogP contribution in [0.4, 0.5) is 0 Å². The lowest BCUT2D eigenvalue weighted by Crippen LogP contribution is -2.36.